The Balaban J connectivity index is 1.64. The molecule has 2 aromatic heterocycles. The fourth-order valence-electron chi connectivity index (χ4n) is 1.49. The van der Waals surface area contributed by atoms with Gasteiger partial charge in [0.25, 0.3) is 0 Å². The maximum atomic E-state index is 4.22. The van der Waals surface area contributed by atoms with Crippen LogP contribution in [0.25, 0.3) is 0 Å². The van der Waals surface area contributed by atoms with E-state index in [1.807, 2.05) is 26.4 Å². The molecule has 2 heterocycles. The van der Waals surface area contributed by atoms with Crippen LogP contribution in [0, 0.1) is 0 Å². The summed E-state index contributed by atoms with van der Waals surface area (Å²) in [6.07, 6.45) is 3.66. The molecule has 0 radical (unpaired) electrons. The summed E-state index contributed by atoms with van der Waals surface area (Å²) in [7, 11) is 1.83. The van der Waals surface area contributed by atoms with Crippen molar-refractivity contribution in [1.29, 1.82) is 0 Å². The minimum Gasteiger partial charge on any atom is -0.355 e. The summed E-state index contributed by atoms with van der Waals surface area (Å²) in [5.74, 6) is 1.58. The number of nitrogens with one attached hydrogen (secondary N) is 2. The number of rotatable bonds is 8. The fourth-order valence-corrected chi connectivity index (χ4v) is 2.23. The number of aromatic nitrogens is 6. The summed E-state index contributed by atoms with van der Waals surface area (Å²) >= 11 is 1.62. The van der Waals surface area contributed by atoms with E-state index in [1.54, 1.807) is 16.4 Å². The highest BCUT2D eigenvalue weighted by atomic mass is 32.2. The minimum atomic E-state index is 0.668. The number of anilines is 1. The lowest BCUT2D eigenvalue weighted by Crippen LogP contribution is -2.17. The van der Waals surface area contributed by atoms with Gasteiger partial charge < -0.3 is 10.6 Å². The van der Waals surface area contributed by atoms with Crippen LogP contribution in [-0.2, 0) is 13.6 Å². The summed E-state index contributed by atoms with van der Waals surface area (Å²) < 4.78 is 1.66. The molecule has 0 aliphatic rings. The van der Waals surface area contributed by atoms with Crippen molar-refractivity contribution in [3.63, 3.8) is 0 Å². The van der Waals surface area contributed by atoms with Gasteiger partial charge >= 0.3 is 0 Å². The van der Waals surface area contributed by atoms with Gasteiger partial charge in [-0.15, -0.1) is 5.10 Å². The zero-order chi connectivity index (χ0) is 14.2. The van der Waals surface area contributed by atoms with E-state index < -0.39 is 0 Å². The number of aryl methyl sites for hydroxylation is 1. The molecule has 0 saturated carbocycles. The van der Waals surface area contributed by atoms with Crippen LogP contribution < -0.4 is 10.6 Å². The molecule has 2 N–H and O–H groups in total. The average Bonchev–Trinajstić information content (AvgIpc) is 2.86. The Hall–Kier alpha value is -1.74. The maximum Gasteiger partial charge on any atom is 0.222 e. The zero-order valence-electron chi connectivity index (χ0n) is 11.6. The molecule has 0 fully saturated rings. The molecule has 0 bridgehead atoms. The molecule has 108 valence electrons. The van der Waals surface area contributed by atoms with Crippen molar-refractivity contribution in [2.24, 2.45) is 7.05 Å². The van der Waals surface area contributed by atoms with Gasteiger partial charge in [0.05, 0.1) is 0 Å². The third-order valence-corrected chi connectivity index (χ3v) is 3.47. The third kappa shape index (κ3) is 4.42. The van der Waals surface area contributed by atoms with Crippen molar-refractivity contribution in [3.05, 3.63) is 18.0 Å². The van der Waals surface area contributed by atoms with Gasteiger partial charge in [-0.1, -0.05) is 11.8 Å². The first-order chi connectivity index (χ1) is 9.79. The van der Waals surface area contributed by atoms with Crippen molar-refractivity contribution >= 4 is 17.7 Å². The van der Waals surface area contributed by atoms with E-state index in [-0.39, 0.29) is 0 Å². The molecule has 0 amide bonds. The molecule has 0 saturated heterocycles. The second-order valence-corrected chi connectivity index (χ2v) is 5.12. The first-order valence-corrected chi connectivity index (χ1v) is 7.39. The van der Waals surface area contributed by atoms with Crippen LogP contribution in [0.4, 0.5) is 5.95 Å². The zero-order valence-corrected chi connectivity index (χ0v) is 12.4. The topological polar surface area (TPSA) is 93.4 Å². The SMILES string of the molecule is CCNc1ncc(CNCCSc2nnnn2C)cn1. The van der Waals surface area contributed by atoms with Crippen LogP contribution in [-0.4, -0.2) is 49.0 Å². The standard InChI is InChI=1S/C11H18N8S/c1-3-13-10-14-7-9(8-15-10)6-12-4-5-20-11-16-17-18-19(11)2/h7-8,12H,3-6H2,1-2H3,(H,13,14,15). The monoisotopic (exact) mass is 294 g/mol. The molecule has 0 unspecified atom stereocenters. The number of thioether (sulfide) groups is 1. The Labute approximate surface area is 121 Å². The van der Waals surface area contributed by atoms with Crippen LogP contribution >= 0.6 is 11.8 Å². The summed E-state index contributed by atoms with van der Waals surface area (Å²) in [6.45, 7) is 4.46. The molecule has 2 aromatic rings. The van der Waals surface area contributed by atoms with Gasteiger partial charge in [0, 0.05) is 50.4 Å². The molecule has 20 heavy (non-hydrogen) atoms. The summed E-state index contributed by atoms with van der Waals surface area (Å²) in [4.78, 5) is 8.44. The number of hydrogen-bond donors (Lipinski definition) is 2. The van der Waals surface area contributed by atoms with Crippen LogP contribution in [0.1, 0.15) is 12.5 Å². The van der Waals surface area contributed by atoms with E-state index in [1.165, 1.54) is 0 Å². The van der Waals surface area contributed by atoms with Crippen molar-refractivity contribution in [1.82, 2.24) is 35.5 Å². The number of hydrogen-bond acceptors (Lipinski definition) is 8. The highest BCUT2D eigenvalue weighted by Gasteiger charge is 2.02. The van der Waals surface area contributed by atoms with E-state index in [9.17, 15) is 0 Å². The second kappa shape index (κ2) is 7.75. The Bertz CT molecular complexity index is 511. The number of tetrazole rings is 1. The number of nitrogens with zero attached hydrogens (tertiary/aromatic N) is 6. The Kier molecular flexibility index (Phi) is 5.69. The van der Waals surface area contributed by atoms with Crippen molar-refractivity contribution in [3.8, 4) is 0 Å². The van der Waals surface area contributed by atoms with Crippen LogP contribution in [0.3, 0.4) is 0 Å². The lowest BCUT2D eigenvalue weighted by atomic mass is 10.3. The average molecular weight is 294 g/mol. The third-order valence-electron chi connectivity index (χ3n) is 2.46. The summed E-state index contributed by atoms with van der Waals surface area (Å²) in [6, 6.07) is 0. The first-order valence-electron chi connectivity index (χ1n) is 6.40. The normalized spacial score (nSPS) is 10.7. The van der Waals surface area contributed by atoms with Gasteiger partial charge in [0.1, 0.15) is 0 Å². The molecule has 9 heteroatoms. The molecule has 0 aromatic carbocycles. The molecule has 2 rings (SSSR count). The predicted molar refractivity (Wildman–Crippen MR) is 77.4 cm³/mol. The molecular weight excluding hydrogens is 276 g/mol. The largest absolute Gasteiger partial charge is 0.355 e. The molecule has 0 atom stereocenters. The van der Waals surface area contributed by atoms with Crippen LogP contribution in [0.15, 0.2) is 17.6 Å². The Morgan fingerprint density at radius 1 is 1.30 bits per heavy atom. The summed E-state index contributed by atoms with van der Waals surface area (Å²) in [5, 5.41) is 18.5. The lowest BCUT2D eigenvalue weighted by Gasteiger charge is -2.05. The van der Waals surface area contributed by atoms with Crippen LogP contribution in [0.5, 0.6) is 0 Å². The smallest absolute Gasteiger partial charge is 0.222 e. The first kappa shape index (κ1) is 14.7. The van der Waals surface area contributed by atoms with Gasteiger partial charge in [0.15, 0.2) is 0 Å². The highest BCUT2D eigenvalue weighted by Crippen LogP contribution is 2.10. The van der Waals surface area contributed by atoms with Gasteiger partial charge in [-0.25, -0.2) is 14.6 Å². The van der Waals surface area contributed by atoms with Gasteiger partial charge in [-0.3, -0.25) is 0 Å². The van der Waals surface area contributed by atoms with Gasteiger partial charge in [-0.2, -0.15) is 0 Å². The molecular formula is C11H18N8S. The van der Waals surface area contributed by atoms with Gasteiger partial charge in [0.2, 0.25) is 11.1 Å². The fraction of sp³-hybridized carbons (Fsp3) is 0.545. The summed E-state index contributed by atoms with van der Waals surface area (Å²) in [5.41, 5.74) is 1.07. The molecule has 8 nitrogen and oxygen atoms in total. The quantitative estimate of drug-likeness (QED) is 0.531. The Morgan fingerprint density at radius 3 is 2.75 bits per heavy atom. The van der Waals surface area contributed by atoms with E-state index >= 15 is 0 Å². The molecule has 0 aliphatic heterocycles. The van der Waals surface area contributed by atoms with Crippen molar-refractivity contribution < 1.29 is 0 Å². The molecule has 0 spiro atoms. The van der Waals surface area contributed by atoms with Crippen molar-refractivity contribution in [2.75, 3.05) is 24.2 Å². The van der Waals surface area contributed by atoms with Gasteiger partial charge in [-0.05, 0) is 17.4 Å². The predicted octanol–water partition coefficient (Wildman–Crippen LogP) is 0.314. The minimum absolute atomic E-state index is 0.668. The van der Waals surface area contributed by atoms with E-state index in [2.05, 4.69) is 36.1 Å². The van der Waals surface area contributed by atoms with E-state index in [0.29, 0.717) is 5.95 Å². The van der Waals surface area contributed by atoms with Crippen molar-refractivity contribution in [2.45, 2.75) is 18.6 Å². The molecule has 0 aliphatic carbocycles. The highest BCUT2D eigenvalue weighted by molar-refractivity contribution is 7.99. The lowest BCUT2D eigenvalue weighted by molar-refractivity contribution is 0.663. The second-order valence-electron chi connectivity index (χ2n) is 4.06. The van der Waals surface area contributed by atoms with Crippen LogP contribution in [0.2, 0.25) is 0 Å². The van der Waals surface area contributed by atoms with E-state index in [4.69, 9.17) is 0 Å². The maximum absolute atomic E-state index is 4.22. The van der Waals surface area contributed by atoms with E-state index in [0.717, 1.165) is 36.1 Å². The Morgan fingerprint density at radius 2 is 2.10 bits per heavy atom.